The molecule has 0 aliphatic carbocycles. The van der Waals surface area contributed by atoms with E-state index in [-0.39, 0.29) is 36.7 Å². The van der Waals surface area contributed by atoms with Crippen molar-refractivity contribution in [2.45, 2.75) is 20.3 Å². The zero-order chi connectivity index (χ0) is 23.3. The predicted octanol–water partition coefficient (Wildman–Crippen LogP) is 4.14. The molecule has 9 heteroatoms. The lowest BCUT2D eigenvalue weighted by Crippen LogP contribution is -2.35. The van der Waals surface area contributed by atoms with Crippen molar-refractivity contribution >= 4 is 52.3 Å². The van der Waals surface area contributed by atoms with Crippen LogP contribution in [-0.2, 0) is 14.4 Å². The van der Waals surface area contributed by atoms with E-state index in [1.54, 1.807) is 47.4 Å². The van der Waals surface area contributed by atoms with Crippen LogP contribution in [0.4, 0.5) is 11.4 Å². The molecule has 3 amide bonds. The van der Waals surface area contributed by atoms with Gasteiger partial charge >= 0.3 is 0 Å². The number of rotatable bonds is 8. The normalized spacial score (nSPS) is 15.7. The molecular formula is C23H25Cl2N3O4. The predicted molar refractivity (Wildman–Crippen MR) is 125 cm³/mol. The first-order chi connectivity index (χ1) is 15.2. The molecule has 1 atom stereocenters. The van der Waals surface area contributed by atoms with Crippen molar-refractivity contribution in [3.05, 3.63) is 52.5 Å². The number of carbonyl (C=O) groups is 3. The number of carbonyl (C=O) groups excluding carboxylic acids is 3. The largest absolute Gasteiger partial charge is 0.484 e. The van der Waals surface area contributed by atoms with E-state index in [9.17, 15) is 14.4 Å². The number of hydrogen-bond donors (Lipinski definition) is 2. The summed E-state index contributed by atoms with van der Waals surface area (Å²) in [5, 5.41) is 6.31. The Kier molecular flexibility index (Phi) is 7.99. The number of nitrogens with zero attached hydrogens (tertiary/aromatic N) is 1. The van der Waals surface area contributed by atoms with E-state index >= 15 is 0 Å². The first kappa shape index (κ1) is 23.9. The Labute approximate surface area is 197 Å². The van der Waals surface area contributed by atoms with Gasteiger partial charge in [-0.25, -0.2) is 0 Å². The third kappa shape index (κ3) is 6.37. The molecule has 1 unspecified atom stereocenters. The molecule has 1 aliphatic heterocycles. The Morgan fingerprint density at radius 3 is 2.50 bits per heavy atom. The van der Waals surface area contributed by atoms with Gasteiger partial charge in [0, 0.05) is 30.9 Å². The van der Waals surface area contributed by atoms with Gasteiger partial charge in [-0.3, -0.25) is 14.4 Å². The number of hydrogen-bond acceptors (Lipinski definition) is 4. The number of halogens is 2. The van der Waals surface area contributed by atoms with Crippen molar-refractivity contribution in [1.82, 2.24) is 5.32 Å². The summed E-state index contributed by atoms with van der Waals surface area (Å²) in [6.07, 6.45) is 0.192. The highest BCUT2D eigenvalue weighted by atomic mass is 35.5. The van der Waals surface area contributed by atoms with Crippen LogP contribution in [0.25, 0.3) is 0 Å². The van der Waals surface area contributed by atoms with Gasteiger partial charge in [0.15, 0.2) is 6.61 Å². The van der Waals surface area contributed by atoms with Crippen LogP contribution in [0, 0.1) is 11.8 Å². The molecule has 7 nitrogen and oxygen atoms in total. The van der Waals surface area contributed by atoms with Crippen molar-refractivity contribution in [3.63, 3.8) is 0 Å². The van der Waals surface area contributed by atoms with Crippen LogP contribution in [0.5, 0.6) is 5.75 Å². The van der Waals surface area contributed by atoms with Crippen molar-refractivity contribution in [1.29, 1.82) is 0 Å². The average molecular weight is 478 g/mol. The molecule has 1 heterocycles. The van der Waals surface area contributed by atoms with Gasteiger partial charge in [0.05, 0.1) is 16.0 Å². The Hall–Kier alpha value is -2.77. The summed E-state index contributed by atoms with van der Waals surface area (Å²) in [4.78, 5) is 38.4. The van der Waals surface area contributed by atoms with Gasteiger partial charge < -0.3 is 20.3 Å². The molecule has 0 aromatic heterocycles. The van der Waals surface area contributed by atoms with Crippen LogP contribution in [0.2, 0.25) is 10.0 Å². The number of benzene rings is 2. The topological polar surface area (TPSA) is 87.7 Å². The van der Waals surface area contributed by atoms with E-state index < -0.39 is 0 Å². The van der Waals surface area contributed by atoms with E-state index in [2.05, 4.69) is 10.6 Å². The minimum Gasteiger partial charge on any atom is -0.484 e. The molecule has 170 valence electrons. The Morgan fingerprint density at radius 2 is 1.84 bits per heavy atom. The second kappa shape index (κ2) is 10.7. The van der Waals surface area contributed by atoms with Crippen LogP contribution in [0.15, 0.2) is 42.5 Å². The van der Waals surface area contributed by atoms with Crippen LogP contribution in [0.1, 0.15) is 20.3 Å². The number of nitrogens with one attached hydrogen (secondary N) is 2. The van der Waals surface area contributed by atoms with Gasteiger partial charge in [-0.1, -0.05) is 37.0 Å². The molecule has 0 saturated carbocycles. The summed E-state index contributed by atoms with van der Waals surface area (Å²) < 4.78 is 5.51. The summed E-state index contributed by atoms with van der Waals surface area (Å²) in [5.74, 6) is -0.0618. The first-order valence-corrected chi connectivity index (χ1v) is 11.0. The third-order valence-corrected chi connectivity index (χ3v) is 5.64. The lowest BCUT2D eigenvalue weighted by molar-refractivity contribution is -0.126. The maximum absolute atomic E-state index is 12.4. The van der Waals surface area contributed by atoms with Crippen molar-refractivity contribution in [2.75, 3.05) is 29.9 Å². The van der Waals surface area contributed by atoms with Gasteiger partial charge in [0.25, 0.3) is 5.91 Å². The zero-order valence-corrected chi connectivity index (χ0v) is 19.4. The van der Waals surface area contributed by atoms with Gasteiger partial charge in [-0.15, -0.1) is 0 Å². The second-order valence-electron chi connectivity index (χ2n) is 8.00. The van der Waals surface area contributed by atoms with Gasteiger partial charge in [-0.05, 0) is 48.4 Å². The fourth-order valence-electron chi connectivity index (χ4n) is 3.22. The Bertz CT molecular complexity index is 995. The lowest BCUT2D eigenvalue weighted by Gasteiger charge is -2.17. The molecular weight excluding hydrogens is 453 g/mol. The SMILES string of the molecule is CC(C)CNC(=O)C1CC(=O)N(c2ccc(OCC(=O)Nc3ccc(Cl)c(Cl)c3)cc2)C1. The van der Waals surface area contributed by atoms with Crippen LogP contribution in [-0.4, -0.2) is 37.4 Å². The maximum atomic E-state index is 12.4. The third-order valence-electron chi connectivity index (χ3n) is 4.90. The van der Waals surface area contributed by atoms with Crippen LogP contribution in [0.3, 0.4) is 0 Å². The quantitative estimate of drug-likeness (QED) is 0.597. The summed E-state index contributed by atoms with van der Waals surface area (Å²) >= 11 is 11.8. The molecule has 0 radical (unpaired) electrons. The second-order valence-corrected chi connectivity index (χ2v) is 8.82. The van der Waals surface area contributed by atoms with Crippen molar-refractivity contribution in [2.24, 2.45) is 11.8 Å². The van der Waals surface area contributed by atoms with E-state index in [1.807, 2.05) is 13.8 Å². The highest BCUT2D eigenvalue weighted by Gasteiger charge is 2.35. The standard InChI is InChI=1S/C23H25Cl2N3O4/c1-14(2)11-26-23(31)15-9-22(30)28(12-15)17-4-6-18(7-5-17)32-13-21(29)27-16-3-8-19(24)20(25)10-16/h3-8,10,14-15H,9,11-13H2,1-2H3,(H,26,31)(H,27,29). The molecule has 32 heavy (non-hydrogen) atoms. The average Bonchev–Trinajstić information content (AvgIpc) is 3.15. The Balaban J connectivity index is 1.51. The fraction of sp³-hybridized carbons (Fsp3) is 0.348. The molecule has 1 aliphatic rings. The number of anilines is 2. The van der Waals surface area contributed by atoms with E-state index in [1.165, 1.54) is 0 Å². The minimum atomic E-state index is -0.359. The maximum Gasteiger partial charge on any atom is 0.262 e. The van der Waals surface area contributed by atoms with E-state index in [0.717, 1.165) is 0 Å². The highest BCUT2D eigenvalue weighted by molar-refractivity contribution is 6.42. The molecule has 2 aromatic carbocycles. The summed E-state index contributed by atoms with van der Waals surface area (Å²) in [6, 6.07) is 11.6. The smallest absolute Gasteiger partial charge is 0.262 e. The highest BCUT2D eigenvalue weighted by Crippen LogP contribution is 2.27. The molecule has 2 N–H and O–H groups in total. The fourth-order valence-corrected chi connectivity index (χ4v) is 3.52. The summed E-state index contributed by atoms with van der Waals surface area (Å²) in [5.41, 5.74) is 1.20. The van der Waals surface area contributed by atoms with E-state index in [4.69, 9.17) is 27.9 Å². The summed E-state index contributed by atoms with van der Waals surface area (Å²) in [7, 11) is 0. The first-order valence-electron chi connectivity index (χ1n) is 10.3. The van der Waals surface area contributed by atoms with E-state index in [0.29, 0.717) is 46.2 Å². The molecule has 0 bridgehead atoms. The van der Waals surface area contributed by atoms with Crippen LogP contribution >= 0.6 is 23.2 Å². The van der Waals surface area contributed by atoms with Gasteiger partial charge in [0.1, 0.15) is 5.75 Å². The molecule has 3 rings (SSSR count). The minimum absolute atomic E-state index is 0.0932. The van der Waals surface area contributed by atoms with Crippen molar-refractivity contribution < 1.29 is 19.1 Å². The summed E-state index contributed by atoms with van der Waals surface area (Å²) in [6.45, 7) is 4.78. The molecule has 1 fully saturated rings. The monoisotopic (exact) mass is 477 g/mol. The van der Waals surface area contributed by atoms with Crippen molar-refractivity contribution in [3.8, 4) is 5.75 Å². The van der Waals surface area contributed by atoms with Gasteiger partial charge in [0.2, 0.25) is 11.8 Å². The molecule has 0 spiro atoms. The number of amides is 3. The molecule has 1 saturated heterocycles. The lowest BCUT2D eigenvalue weighted by atomic mass is 10.1. The zero-order valence-electron chi connectivity index (χ0n) is 17.9. The number of ether oxygens (including phenoxy) is 1. The Morgan fingerprint density at radius 1 is 1.12 bits per heavy atom. The van der Waals surface area contributed by atoms with Crippen LogP contribution < -0.4 is 20.3 Å². The molecule has 2 aromatic rings. The van der Waals surface area contributed by atoms with Gasteiger partial charge in [-0.2, -0.15) is 0 Å².